The summed E-state index contributed by atoms with van der Waals surface area (Å²) in [6, 6.07) is 19.6. The van der Waals surface area contributed by atoms with E-state index in [2.05, 4.69) is 5.32 Å². The quantitative estimate of drug-likeness (QED) is 0.353. The Kier molecular flexibility index (Phi) is 7.80. The van der Waals surface area contributed by atoms with Crippen LogP contribution in [0, 0.1) is 6.92 Å². The van der Waals surface area contributed by atoms with E-state index in [1.807, 2.05) is 19.1 Å². The first kappa shape index (κ1) is 24.9. The van der Waals surface area contributed by atoms with E-state index in [0.29, 0.717) is 33.7 Å². The minimum absolute atomic E-state index is 0.232. The molecule has 1 aliphatic heterocycles. The van der Waals surface area contributed by atoms with Crippen LogP contribution in [0.25, 0.3) is 6.08 Å². The molecule has 0 bridgehead atoms. The van der Waals surface area contributed by atoms with Gasteiger partial charge in [0, 0.05) is 15.7 Å². The zero-order valence-electron chi connectivity index (χ0n) is 18.6. The van der Waals surface area contributed by atoms with E-state index in [0.717, 1.165) is 27.8 Å². The lowest BCUT2D eigenvalue weighted by Gasteiger charge is -2.13. The van der Waals surface area contributed by atoms with E-state index in [-0.39, 0.29) is 4.91 Å². The number of nitrogens with one attached hydrogen (secondary N) is 1. The van der Waals surface area contributed by atoms with Crippen molar-refractivity contribution in [1.82, 2.24) is 4.90 Å². The second kappa shape index (κ2) is 11.0. The van der Waals surface area contributed by atoms with Crippen molar-refractivity contribution in [3.05, 3.63) is 98.4 Å². The van der Waals surface area contributed by atoms with Crippen molar-refractivity contribution in [3.63, 3.8) is 0 Å². The summed E-state index contributed by atoms with van der Waals surface area (Å²) in [6.45, 7) is 1.82. The lowest BCUT2D eigenvalue weighted by molar-refractivity contribution is -0.127. The molecule has 9 heteroatoms. The summed E-state index contributed by atoms with van der Waals surface area (Å²) >= 11 is 12.8. The van der Waals surface area contributed by atoms with Gasteiger partial charge in [-0.25, -0.2) is 0 Å². The number of rotatable bonds is 7. The van der Waals surface area contributed by atoms with E-state index >= 15 is 0 Å². The molecule has 0 aliphatic carbocycles. The zero-order valence-corrected chi connectivity index (χ0v) is 20.9. The maximum atomic E-state index is 12.8. The Balaban J connectivity index is 1.39. The van der Waals surface area contributed by atoms with Gasteiger partial charge in [-0.05, 0) is 77.9 Å². The molecular weight excluding hydrogens is 507 g/mol. The van der Waals surface area contributed by atoms with Gasteiger partial charge >= 0.3 is 0 Å². The van der Waals surface area contributed by atoms with Crippen LogP contribution in [0.3, 0.4) is 0 Å². The van der Waals surface area contributed by atoms with E-state index in [4.69, 9.17) is 27.9 Å². The van der Waals surface area contributed by atoms with Gasteiger partial charge in [-0.2, -0.15) is 0 Å². The Morgan fingerprint density at radius 2 is 1.83 bits per heavy atom. The number of ether oxygens (including phenoxy) is 1. The first-order chi connectivity index (χ1) is 16.8. The summed E-state index contributed by atoms with van der Waals surface area (Å²) in [6.07, 6.45) is 1.61. The summed E-state index contributed by atoms with van der Waals surface area (Å²) < 4.78 is 5.83. The van der Waals surface area contributed by atoms with Crippen molar-refractivity contribution < 1.29 is 19.1 Å². The van der Waals surface area contributed by atoms with Gasteiger partial charge < -0.3 is 10.1 Å². The Hall–Kier alpha value is -3.26. The van der Waals surface area contributed by atoms with Crippen LogP contribution >= 0.6 is 35.0 Å². The Bertz CT molecular complexity index is 1330. The molecule has 0 spiro atoms. The molecule has 1 fully saturated rings. The third-order valence-electron chi connectivity index (χ3n) is 5.11. The van der Waals surface area contributed by atoms with E-state index in [1.54, 1.807) is 60.7 Å². The zero-order chi connectivity index (χ0) is 24.9. The molecule has 0 unspecified atom stereocenters. The van der Waals surface area contributed by atoms with E-state index in [1.165, 1.54) is 0 Å². The highest BCUT2D eigenvalue weighted by Crippen LogP contribution is 2.32. The van der Waals surface area contributed by atoms with Gasteiger partial charge in [0.15, 0.2) is 0 Å². The highest BCUT2D eigenvalue weighted by molar-refractivity contribution is 8.18. The van der Waals surface area contributed by atoms with Crippen LogP contribution < -0.4 is 10.1 Å². The number of aryl methyl sites for hydroxylation is 1. The van der Waals surface area contributed by atoms with Crippen LogP contribution in [0.5, 0.6) is 5.75 Å². The average Bonchev–Trinajstić information content (AvgIpc) is 3.08. The number of amides is 3. The monoisotopic (exact) mass is 526 g/mol. The number of carbonyl (C=O) groups is 3. The van der Waals surface area contributed by atoms with Crippen LogP contribution in [-0.4, -0.2) is 28.5 Å². The first-order valence-corrected chi connectivity index (χ1v) is 12.1. The molecule has 3 aromatic rings. The minimum Gasteiger partial charge on any atom is -0.489 e. The number of nitrogens with zero attached hydrogens (tertiary/aromatic N) is 1. The predicted octanol–water partition coefficient (Wildman–Crippen LogP) is 6.56. The van der Waals surface area contributed by atoms with Crippen LogP contribution in [0.15, 0.2) is 71.6 Å². The second-order valence-electron chi connectivity index (χ2n) is 7.77. The number of benzene rings is 3. The van der Waals surface area contributed by atoms with Crippen molar-refractivity contribution >= 4 is 63.8 Å². The van der Waals surface area contributed by atoms with Gasteiger partial charge in [-0.1, -0.05) is 53.5 Å². The lowest BCUT2D eigenvalue weighted by atomic mass is 10.2. The van der Waals surface area contributed by atoms with Gasteiger partial charge in [0.25, 0.3) is 11.1 Å². The molecular formula is C26H20Cl2N2O4S. The van der Waals surface area contributed by atoms with Crippen LogP contribution in [0.1, 0.15) is 16.7 Å². The second-order valence-corrected chi connectivity index (χ2v) is 9.60. The van der Waals surface area contributed by atoms with Crippen molar-refractivity contribution in [1.29, 1.82) is 0 Å². The molecule has 0 atom stereocenters. The largest absolute Gasteiger partial charge is 0.489 e. The molecule has 1 N–H and O–H groups in total. The van der Waals surface area contributed by atoms with Crippen molar-refractivity contribution in [2.75, 3.05) is 11.9 Å². The van der Waals surface area contributed by atoms with Gasteiger partial charge in [0.05, 0.1) is 4.91 Å². The number of anilines is 1. The van der Waals surface area contributed by atoms with Crippen molar-refractivity contribution in [3.8, 4) is 5.75 Å². The summed E-state index contributed by atoms with van der Waals surface area (Å²) in [5, 5.41) is 3.32. The number of imide groups is 1. The predicted molar refractivity (Wildman–Crippen MR) is 140 cm³/mol. The van der Waals surface area contributed by atoms with E-state index < -0.39 is 23.6 Å². The molecule has 0 saturated carbocycles. The average molecular weight is 527 g/mol. The SMILES string of the molecule is Cc1ccc(NC(=O)CN2C(=O)S/C(=C/c3cccc(OCc4ccc(Cl)cc4)c3)C2=O)cc1Cl. The standard InChI is InChI=1S/C26H20Cl2N2O4S/c1-16-5-10-20(13-22(16)28)29-24(31)14-30-25(32)23(35-26(30)33)12-18-3-2-4-21(11-18)34-15-17-6-8-19(27)9-7-17/h2-13H,14-15H2,1H3,(H,29,31)/b23-12+. The fourth-order valence-electron chi connectivity index (χ4n) is 3.24. The smallest absolute Gasteiger partial charge is 0.294 e. The van der Waals surface area contributed by atoms with Crippen molar-refractivity contribution in [2.24, 2.45) is 0 Å². The maximum absolute atomic E-state index is 12.8. The summed E-state index contributed by atoms with van der Waals surface area (Å²) in [5.41, 5.74) is 3.03. The van der Waals surface area contributed by atoms with Gasteiger partial charge in [0.1, 0.15) is 18.9 Å². The number of halogens is 2. The number of thioether (sulfide) groups is 1. The minimum atomic E-state index is -0.524. The third-order valence-corrected chi connectivity index (χ3v) is 6.67. The summed E-state index contributed by atoms with van der Waals surface area (Å²) in [7, 11) is 0. The highest BCUT2D eigenvalue weighted by atomic mass is 35.5. The maximum Gasteiger partial charge on any atom is 0.294 e. The van der Waals surface area contributed by atoms with Crippen LogP contribution in [0.4, 0.5) is 10.5 Å². The van der Waals surface area contributed by atoms with Gasteiger partial charge in [0.2, 0.25) is 5.91 Å². The molecule has 1 heterocycles. The fraction of sp³-hybridized carbons (Fsp3) is 0.115. The number of hydrogen-bond donors (Lipinski definition) is 1. The molecule has 0 aromatic heterocycles. The van der Waals surface area contributed by atoms with Crippen molar-refractivity contribution in [2.45, 2.75) is 13.5 Å². The Morgan fingerprint density at radius 3 is 2.57 bits per heavy atom. The molecule has 0 radical (unpaired) electrons. The van der Waals surface area contributed by atoms with Crippen LogP contribution in [-0.2, 0) is 16.2 Å². The van der Waals surface area contributed by atoms with E-state index in [9.17, 15) is 14.4 Å². The molecule has 178 valence electrons. The molecule has 1 aliphatic rings. The Morgan fingerprint density at radius 1 is 1.06 bits per heavy atom. The fourth-order valence-corrected chi connectivity index (χ4v) is 4.39. The summed E-state index contributed by atoms with van der Waals surface area (Å²) in [4.78, 5) is 38.8. The van der Waals surface area contributed by atoms with Gasteiger partial charge in [-0.3, -0.25) is 19.3 Å². The lowest BCUT2D eigenvalue weighted by Crippen LogP contribution is -2.36. The molecule has 1 saturated heterocycles. The first-order valence-electron chi connectivity index (χ1n) is 10.6. The molecule has 3 aromatic carbocycles. The third kappa shape index (κ3) is 6.45. The topological polar surface area (TPSA) is 75.7 Å². The normalized spacial score (nSPS) is 14.5. The summed E-state index contributed by atoms with van der Waals surface area (Å²) in [5.74, 6) is -0.403. The number of hydrogen-bond acceptors (Lipinski definition) is 5. The molecule has 35 heavy (non-hydrogen) atoms. The highest BCUT2D eigenvalue weighted by Gasteiger charge is 2.36. The molecule has 6 nitrogen and oxygen atoms in total. The Labute approximate surface area is 216 Å². The molecule has 4 rings (SSSR count). The van der Waals surface area contributed by atoms with Gasteiger partial charge in [-0.15, -0.1) is 0 Å². The number of carbonyl (C=O) groups excluding carboxylic acids is 3. The van der Waals surface area contributed by atoms with Crippen LogP contribution in [0.2, 0.25) is 10.0 Å². The molecule has 3 amide bonds.